The Morgan fingerprint density at radius 2 is 1.83 bits per heavy atom. The van der Waals surface area contributed by atoms with Gasteiger partial charge in [0.05, 0.1) is 12.7 Å². The highest BCUT2D eigenvalue weighted by atomic mass is 79.9. The number of nitrogens with zero attached hydrogens (tertiary/aromatic N) is 3. The number of aromatic nitrogens is 2. The van der Waals surface area contributed by atoms with Gasteiger partial charge in [-0.15, -0.1) is 4.36 Å². The second-order valence-electron chi connectivity index (χ2n) is 8.73. The minimum absolute atomic E-state index is 0.148. The lowest BCUT2D eigenvalue weighted by atomic mass is 9.99. The van der Waals surface area contributed by atoms with E-state index in [1.54, 1.807) is 4.68 Å². The fraction of sp³-hybridized carbons (Fsp3) is 0.500. The van der Waals surface area contributed by atoms with Crippen LogP contribution in [0.3, 0.4) is 0 Å². The molecule has 1 aromatic heterocycles. The Morgan fingerprint density at radius 3 is 2.47 bits per heavy atom. The summed E-state index contributed by atoms with van der Waals surface area (Å²) in [5.41, 5.74) is 5.21. The van der Waals surface area contributed by atoms with Gasteiger partial charge in [0.1, 0.15) is 10.5 Å². The number of fused-ring (bicyclic) bond motifs is 3. The highest BCUT2D eigenvalue weighted by Crippen LogP contribution is 2.44. The molecule has 3 aliphatic rings. The van der Waals surface area contributed by atoms with Crippen LogP contribution in [0.25, 0.3) is 0 Å². The predicted octanol–water partition coefficient (Wildman–Crippen LogP) is 3.73. The molecule has 2 heterocycles. The van der Waals surface area contributed by atoms with Crippen LogP contribution >= 0.6 is 15.9 Å². The third-order valence-electron chi connectivity index (χ3n) is 6.00. The molecule has 0 spiro atoms. The number of nitrogens with one attached hydrogen (secondary N) is 1. The van der Waals surface area contributed by atoms with E-state index in [1.807, 2.05) is 13.8 Å². The summed E-state index contributed by atoms with van der Waals surface area (Å²) in [5, 5.41) is 13.1. The number of anilines is 1. The molecule has 1 aromatic carbocycles. The summed E-state index contributed by atoms with van der Waals surface area (Å²) in [4.78, 5) is 13.0. The van der Waals surface area contributed by atoms with Crippen molar-refractivity contribution in [3.8, 4) is 5.88 Å². The summed E-state index contributed by atoms with van der Waals surface area (Å²) < 4.78 is 25.6. The largest absolute Gasteiger partial charge is 0.469 e. The molecule has 0 fully saturated rings. The van der Waals surface area contributed by atoms with E-state index >= 15 is 0 Å². The van der Waals surface area contributed by atoms with E-state index in [1.165, 1.54) is 21.8 Å². The fourth-order valence-corrected chi connectivity index (χ4v) is 6.63. The van der Waals surface area contributed by atoms with Gasteiger partial charge >= 0.3 is 6.03 Å². The maximum Gasteiger partial charge on any atom is 0.354 e. The van der Waals surface area contributed by atoms with Crippen LogP contribution in [0.5, 0.6) is 5.88 Å². The van der Waals surface area contributed by atoms with Crippen molar-refractivity contribution in [3.63, 3.8) is 0 Å². The quantitative estimate of drug-likeness (QED) is 0.663. The van der Waals surface area contributed by atoms with Crippen LogP contribution in [0.15, 0.2) is 19.9 Å². The maximum atomic E-state index is 13.2. The molecule has 8 nitrogen and oxygen atoms in total. The fourth-order valence-electron chi connectivity index (χ4n) is 4.77. The molecule has 30 heavy (non-hydrogen) atoms. The van der Waals surface area contributed by atoms with Crippen molar-refractivity contribution in [1.82, 2.24) is 9.78 Å². The standard InChI is InChI=1S/C20H24BrN5O3S/c1-20(2)10-26-18(29-20)15(9-23-26)30(22,28)25-19(27)24-17-13-7-3-5-11(13)16(21)12-6-4-8-14(12)17/h9H,3-8,10H2,1-2H3,(H3,22,24,25,27,28). The molecule has 160 valence electrons. The van der Waals surface area contributed by atoms with E-state index in [2.05, 4.69) is 30.7 Å². The third-order valence-corrected chi connectivity index (χ3v) is 8.30. The summed E-state index contributed by atoms with van der Waals surface area (Å²) >= 11 is 3.77. The second kappa shape index (κ2) is 6.80. The number of hydrogen-bond donors (Lipinski definition) is 2. The average molecular weight is 494 g/mol. The second-order valence-corrected chi connectivity index (χ2v) is 11.3. The van der Waals surface area contributed by atoms with Crippen molar-refractivity contribution in [2.24, 2.45) is 9.50 Å². The number of halogens is 1. The number of benzene rings is 1. The predicted molar refractivity (Wildman–Crippen MR) is 117 cm³/mol. The van der Waals surface area contributed by atoms with Gasteiger partial charge < -0.3 is 10.1 Å². The Labute approximate surface area is 184 Å². The molecular formula is C20H24BrN5O3S. The van der Waals surface area contributed by atoms with Gasteiger partial charge in [-0.25, -0.2) is 18.8 Å². The first-order valence-corrected chi connectivity index (χ1v) is 12.5. The number of rotatable bonds is 2. The first-order chi connectivity index (χ1) is 14.2. The van der Waals surface area contributed by atoms with E-state index < -0.39 is 21.5 Å². The molecule has 2 amide bonds. The molecule has 10 heteroatoms. The van der Waals surface area contributed by atoms with Crippen LogP contribution in [-0.2, 0) is 42.1 Å². The molecule has 1 aliphatic heterocycles. The zero-order valence-corrected chi connectivity index (χ0v) is 19.4. The lowest BCUT2D eigenvalue weighted by molar-refractivity contribution is 0.132. The van der Waals surface area contributed by atoms with Gasteiger partial charge in [0.25, 0.3) is 0 Å². The molecule has 0 bridgehead atoms. The van der Waals surface area contributed by atoms with Crippen LogP contribution < -0.4 is 15.2 Å². The molecule has 1 atom stereocenters. The van der Waals surface area contributed by atoms with E-state index in [-0.39, 0.29) is 4.90 Å². The van der Waals surface area contributed by atoms with Crippen molar-refractivity contribution in [1.29, 1.82) is 0 Å². The van der Waals surface area contributed by atoms with Gasteiger partial charge in [-0.1, -0.05) is 15.9 Å². The minimum atomic E-state index is -3.50. The first-order valence-electron chi connectivity index (χ1n) is 10.1. The van der Waals surface area contributed by atoms with Crippen molar-refractivity contribution in [2.75, 3.05) is 5.32 Å². The number of carbonyl (C=O) groups is 1. The lowest BCUT2D eigenvalue weighted by Crippen LogP contribution is -2.27. The number of carbonyl (C=O) groups excluding carboxylic acids is 1. The minimum Gasteiger partial charge on any atom is -0.469 e. The van der Waals surface area contributed by atoms with Gasteiger partial charge in [0.2, 0.25) is 5.88 Å². The van der Waals surface area contributed by atoms with E-state index in [9.17, 15) is 9.00 Å². The molecule has 2 aromatic rings. The normalized spacial score (nSPS) is 20.1. The van der Waals surface area contributed by atoms with Crippen LogP contribution in [0.1, 0.15) is 48.9 Å². The number of amides is 2. The molecular weight excluding hydrogens is 470 g/mol. The molecule has 0 saturated carbocycles. The molecule has 0 radical (unpaired) electrons. The summed E-state index contributed by atoms with van der Waals surface area (Å²) in [6.45, 7) is 4.33. The number of urea groups is 1. The lowest BCUT2D eigenvalue weighted by Gasteiger charge is -2.17. The summed E-state index contributed by atoms with van der Waals surface area (Å²) in [7, 11) is -3.50. The Hall–Kier alpha value is -1.91. The molecule has 0 saturated heterocycles. The monoisotopic (exact) mass is 493 g/mol. The highest BCUT2D eigenvalue weighted by Gasteiger charge is 2.36. The number of ether oxygens (including phenoxy) is 1. The number of nitrogens with two attached hydrogens (primary N) is 1. The molecule has 1 unspecified atom stereocenters. The van der Waals surface area contributed by atoms with Gasteiger partial charge in [-0.2, -0.15) is 5.10 Å². The van der Waals surface area contributed by atoms with E-state index in [0.29, 0.717) is 12.4 Å². The Balaban J connectivity index is 1.50. The number of hydrogen-bond acceptors (Lipinski definition) is 4. The average Bonchev–Trinajstić information content (AvgIpc) is 3.40. The van der Waals surface area contributed by atoms with Crippen LogP contribution in [0.2, 0.25) is 0 Å². The van der Waals surface area contributed by atoms with Crippen LogP contribution in [-0.4, -0.2) is 25.6 Å². The highest BCUT2D eigenvalue weighted by molar-refractivity contribution is 9.10. The van der Waals surface area contributed by atoms with Gasteiger partial charge in [-0.05, 0) is 74.6 Å². The third kappa shape index (κ3) is 3.16. The van der Waals surface area contributed by atoms with Crippen LogP contribution in [0.4, 0.5) is 10.5 Å². The zero-order chi connectivity index (χ0) is 21.3. The summed E-state index contributed by atoms with van der Waals surface area (Å²) in [6, 6.07) is -0.703. The van der Waals surface area contributed by atoms with Crippen molar-refractivity contribution >= 4 is 37.6 Å². The van der Waals surface area contributed by atoms with Gasteiger partial charge in [0.15, 0.2) is 9.92 Å². The van der Waals surface area contributed by atoms with Crippen molar-refractivity contribution in [2.45, 2.75) is 69.4 Å². The van der Waals surface area contributed by atoms with Crippen molar-refractivity contribution in [3.05, 3.63) is 32.9 Å². The zero-order valence-electron chi connectivity index (χ0n) is 17.0. The first kappa shape index (κ1) is 20.0. The van der Waals surface area contributed by atoms with E-state index in [4.69, 9.17) is 9.88 Å². The van der Waals surface area contributed by atoms with Crippen molar-refractivity contribution < 1.29 is 13.7 Å². The Morgan fingerprint density at radius 1 is 1.23 bits per heavy atom. The molecule has 5 rings (SSSR count). The Kier molecular flexibility index (Phi) is 4.53. The van der Waals surface area contributed by atoms with Gasteiger partial charge in [0, 0.05) is 10.2 Å². The molecule has 2 aliphatic carbocycles. The maximum absolute atomic E-state index is 13.2. The van der Waals surface area contributed by atoms with Gasteiger partial charge in [-0.3, -0.25) is 0 Å². The SMILES string of the molecule is CC1(C)Cn2ncc(S(N)(=O)=NC(=O)Nc3c4c(c(Br)c5c3CCC5)CCC4)c2O1. The smallest absolute Gasteiger partial charge is 0.354 e. The molecule has 3 N–H and O–H groups in total. The van der Waals surface area contributed by atoms with E-state index in [0.717, 1.165) is 55.3 Å². The summed E-state index contributed by atoms with van der Waals surface area (Å²) in [5.74, 6) is 0.314. The Bertz CT molecular complexity index is 1170. The topological polar surface area (TPSA) is 112 Å². The summed E-state index contributed by atoms with van der Waals surface area (Å²) in [6.07, 6.45) is 7.29. The van der Waals surface area contributed by atoms with Crippen LogP contribution in [0, 0.1) is 0 Å².